The molecule has 2 atom stereocenters. The van der Waals surface area contributed by atoms with Crippen LogP contribution in [0.3, 0.4) is 0 Å². The Kier molecular flexibility index (Phi) is 7.02. The molecule has 1 aliphatic rings. The van der Waals surface area contributed by atoms with Gasteiger partial charge in [0.1, 0.15) is 0 Å². The first-order valence-corrected chi connectivity index (χ1v) is 9.29. The first-order chi connectivity index (χ1) is 11.0. The average Bonchev–Trinajstić information content (AvgIpc) is 3.00. The summed E-state index contributed by atoms with van der Waals surface area (Å²) in [4.78, 5) is 18.0. The topological polar surface area (TPSA) is 55.8 Å². The van der Waals surface area contributed by atoms with Crippen molar-refractivity contribution < 1.29 is 9.90 Å². The molecule has 1 aromatic heterocycles. The van der Waals surface area contributed by atoms with Crippen molar-refractivity contribution in [2.45, 2.75) is 32.9 Å². The summed E-state index contributed by atoms with van der Waals surface area (Å²) in [6.45, 7) is 10.9. The number of thiophene rings is 1. The second kappa shape index (κ2) is 8.78. The van der Waals surface area contributed by atoms with E-state index in [0.717, 1.165) is 26.2 Å². The van der Waals surface area contributed by atoms with Crippen molar-refractivity contribution in [3.05, 3.63) is 22.4 Å². The molecule has 23 heavy (non-hydrogen) atoms. The quantitative estimate of drug-likeness (QED) is 0.792. The second-order valence-electron chi connectivity index (χ2n) is 6.73. The van der Waals surface area contributed by atoms with Crippen molar-refractivity contribution in [2.75, 3.05) is 39.3 Å². The van der Waals surface area contributed by atoms with Crippen LogP contribution in [0.4, 0.5) is 0 Å². The van der Waals surface area contributed by atoms with Gasteiger partial charge < -0.3 is 10.4 Å². The van der Waals surface area contributed by atoms with E-state index in [4.69, 9.17) is 0 Å². The molecule has 1 amide bonds. The number of β-amino-alcohol motifs (C(OH)–C–C–N with tert-alkyl or cyclic N) is 1. The predicted molar refractivity (Wildman–Crippen MR) is 94.6 cm³/mol. The third-order valence-corrected chi connectivity index (χ3v) is 5.14. The highest BCUT2D eigenvalue weighted by Gasteiger charge is 2.23. The van der Waals surface area contributed by atoms with Crippen molar-refractivity contribution in [1.29, 1.82) is 0 Å². The van der Waals surface area contributed by atoms with E-state index >= 15 is 0 Å². The summed E-state index contributed by atoms with van der Waals surface area (Å²) in [5.74, 6) is 0.474. The van der Waals surface area contributed by atoms with Crippen molar-refractivity contribution in [3.63, 3.8) is 0 Å². The SMILES string of the molecule is CC(C)[C@@H](NC(=O)CN1CCN(C[C@H](C)O)CC1)c1cccs1. The highest BCUT2D eigenvalue weighted by atomic mass is 32.1. The Balaban J connectivity index is 1.78. The number of aliphatic hydroxyl groups is 1. The van der Waals surface area contributed by atoms with E-state index in [1.54, 1.807) is 11.3 Å². The van der Waals surface area contributed by atoms with Gasteiger partial charge in [-0.05, 0) is 24.3 Å². The molecule has 0 aromatic carbocycles. The minimum Gasteiger partial charge on any atom is -0.392 e. The van der Waals surface area contributed by atoms with Crippen molar-refractivity contribution in [1.82, 2.24) is 15.1 Å². The lowest BCUT2D eigenvalue weighted by molar-refractivity contribution is -0.123. The maximum absolute atomic E-state index is 12.4. The van der Waals surface area contributed by atoms with E-state index in [1.165, 1.54) is 4.88 Å². The second-order valence-corrected chi connectivity index (χ2v) is 7.71. The molecular formula is C17H29N3O2S. The van der Waals surface area contributed by atoms with Crippen molar-refractivity contribution in [2.24, 2.45) is 5.92 Å². The van der Waals surface area contributed by atoms with Gasteiger partial charge in [-0.1, -0.05) is 19.9 Å². The van der Waals surface area contributed by atoms with Crippen LogP contribution in [0, 0.1) is 5.92 Å². The number of nitrogens with zero attached hydrogens (tertiary/aromatic N) is 2. The molecule has 0 radical (unpaired) electrons. The molecule has 130 valence electrons. The summed E-state index contributed by atoms with van der Waals surface area (Å²) >= 11 is 1.69. The lowest BCUT2D eigenvalue weighted by Crippen LogP contribution is -2.51. The van der Waals surface area contributed by atoms with Crippen LogP contribution in [0.25, 0.3) is 0 Å². The van der Waals surface area contributed by atoms with Crippen molar-refractivity contribution >= 4 is 17.2 Å². The third kappa shape index (κ3) is 5.88. The summed E-state index contributed by atoms with van der Waals surface area (Å²) in [6, 6.07) is 4.21. The van der Waals surface area contributed by atoms with Crippen LogP contribution in [-0.2, 0) is 4.79 Å². The molecule has 0 spiro atoms. The maximum atomic E-state index is 12.4. The molecular weight excluding hydrogens is 310 g/mol. The predicted octanol–water partition coefficient (Wildman–Crippen LogP) is 1.56. The molecule has 6 heteroatoms. The molecule has 0 aliphatic carbocycles. The van der Waals surface area contributed by atoms with Gasteiger partial charge in [-0.25, -0.2) is 0 Å². The van der Waals surface area contributed by atoms with E-state index in [2.05, 4.69) is 40.4 Å². The number of amides is 1. The standard InChI is InChI=1S/C17H29N3O2S/c1-13(2)17(15-5-4-10-23-15)18-16(22)12-20-8-6-19(7-9-20)11-14(3)21/h4-5,10,13-14,17,21H,6-9,11-12H2,1-3H3,(H,18,22)/t14-,17+/m0/s1. The number of carbonyl (C=O) groups excluding carboxylic acids is 1. The Hall–Kier alpha value is -0.950. The summed E-state index contributed by atoms with van der Waals surface area (Å²) in [5.41, 5.74) is 0. The molecule has 2 heterocycles. The zero-order chi connectivity index (χ0) is 16.8. The Bertz CT molecular complexity index is 468. The number of hydrogen-bond donors (Lipinski definition) is 2. The molecule has 1 aliphatic heterocycles. The Morgan fingerprint density at radius 3 is 2.43 bits per heavy atom. The Morgan fingerprint density at radius 2 is 1.91 bits per heavy atom. The molecule has 5 nitrogen and oxygen atoms in total. The van der Waals surface area contributed by atoms with E-state index in [1.807, 2.05) is 13.0 Å². The van der Waals surface area contributed by atoms with Crippen LogP contribution in [0.1, 0.15) is 31.7 Å². The fourth-order valence-corrected chi connectivity index (χ4v) is 3.91. The number of nitrogens with one attached hydrogen (secondary N) is 1. The fourth-order valence-electron chi connectivity index (χ4n) is 2.96. The Morgan fingerprint density at radius 1 is 1.26 bits per heavy atom. The zero-order valence-corrected chi connectivity index (χ0v) is 15.2. The number of aliphatic hydroxyl groups excluding tert-OH is 1. The van der Waals surface area contributed by atoms with E-state index in [-0.39, 0.29) is 18.1 Å². The molecule has 0 unspecified atom stereocenters. The Labute approximate surface area is 143 Å². The number of piperazine rings is 1. The van der Waals surface area contributed by atoms with E-state index < -0.39 is 0 Å². The summed E-state index contributed by atoms with van der Waals surface area (Å²) < 4.78 is 0. The highest BCUT2D eigenvalue weighted by Crippen LogP contribution is 2.25. The normalized spacial score (nSPS) is 19.7. The van der Waals surface area contributed by atoms with Gasteiger partial charge in [-0.3, -0.25) is 14.6 Å². The van der Waals surface area contributed by atoms with E-state index in [9.17, 15) is 9.90 Å². The zero-order valence-electron chi connectivity index (χ0n) is 14.4. The molecule has 1 fully saturated rings. The monoisotopic (exact) mass is 339 g/mol. The maximum Gasteiger partial charge on any atom is 0.234 e. The van der Waals surface area contributed by atoms with Crippen LogP contribution in [0.2, 0.25) is 0 Å². The number of carbonyl (C=O) groups is 1. The molecule has 2 N–H and O–H groups in total. The molecule has 0 bridgehead atoms. The smallest absolute Gasteiger partial charge is 0.234 e. The highest BCUT2D eigenvalue weighted by molar-refractivity contribution is 7.10. The molecule has 2 rings (SSSR count). The largest absolute Gasteiger partial charge is 0.392 e. The minimum atomic E-state index is -0.289. The van der Waals surface area contributed by atoms with Gasteiger partial charge >= 0.3 is 0 Å². The minimum absolute atomic E-state index is 0.0963. The van der Waals surface area contributed by atoms with Gasteiger partial charge in [0.2, 0.25) is 5.91 Å². The van der Waals surface area contributed by atoms with Gasteiger partial charge in [0.25, 0.3) is 0 Å². The van der Waals surface area contributed by atoms with E-state index in [0.29, 0.717) is 19.0 Å². The van der Waals surface area contributed by atoms with Gasteiger partial charge in [0, 0.05) is 37.6 Å². The first kappa shape index (κ1) is 18.4. The average molecular weight is 340 g/mol. The summed E-state index contributed by atoms with van der Waals surface area (Å²) in [5, 5.41) is 14.7. The van der Waals surface area contributed by atoms with Gasteiger partial charge in [-0.2, -0.15) is 0 Å². The third-order valence-electron chi connectivity index (χ3n) is 4.19. The lowest BCUT2D eigenvalue weighted by Gasteiger charge is -2.35. The van der Waals surface area contributed by atoms with Crippen molar-refractivity contribution in [3.8, 4) is 0 Å². The summed E-state index contributed by atoms with van der Waals surface area (Å²) in [6.07, 6.45) is -0.289. The van der Waals surface area contributed by atoms with Crippen LogP contribution >= 0.6 is 11.3 Å². The van der Waals surface area contributed by atoms with Gasteiger partial charge in [0.05, 0.1) is 18.7 Å². The van der Waals surface area contributed by atoms with Crippen LogP contribution in [-0.4, -0.2) is 66.2 Å². The molecule has 1 saturated heterocycles. The molecule has 0 saturated carbocycles. The van der Waals surface area contributed by atoms with Crippen LogP contribution in [0.15, 0.2) is 17.5 Å². The van der Waals surface area contributed by atoms with Crippen LogP contribution in [0.5, 0.6) is 0 Å². The number of rotatable bonds is 7. The summed E-state index contributed by atoms with van der Waals surface area (Å²) in [7, 11) is 0. The fraction of sp³-hybridized carbons (Fsp3) is 0.706. The van der Waals surface area contributed by atoms with Gasteiger partial charge in [0.15, 0.2) is 0 Å². The molecule has 1 aromatic rings. The first-order valence-electron chi connectivity index (χ1n) is 8.41. The van der Waals surface area contributed by atoms with Gasteiger partial charge in [-0.15, -0.1) is 11.3 Å². The van der Waals surface area contributed by atoms with Crippen LogP contribution < -0.4 is 5.32 Å². The number of hydrogen-bond acceptors (Lipinski definition) is 5. The lowest BCUT2D eigenvalue weighted by atomic mass is 10.0.